The van der Waals surface area contributed by atoms with Gasteiger partial charge in [-0.3, -0.25) is 0 Å². The summed E-state index contributed by atoms with van der Waals surface area (Å²) in [6.07, 6.45) is 2.76. The van der Waals surface area contributed by atoms with Gasteiger partial charge in [-0.15, -0.1) is 0 Å². The zero-order valence-corrected chi connectivity index (χ0v) is 6.80. The first-order valence-corrected chi connectivity index (χ1v) is 3.93. The Morgan fingerprint density at radius 2 is 1.90 bits per heavy atom. The standard InChI is InChI=1S/C9H10P/c1-2-8-3-5-9(7-10)6-4-8/h2-6,10H,1,7H2. The topological polar surface area (TPSA) is 0 Å². The Bertz CT molecular complexity index is 211. The lowest BCUT2D eigenvalue weighted by Gasteiger charge is -1.95. The van der Waals surface area contributed by atoms with Gasteiger partial charge >= 0.3 is 0 Å². The van der Waals surface area contributed by atoms with Crippen molar-refractivity contribution in [3.8, 4) is 0 Å². The molecule has 0 aliphatic heterocycles. The summed E-state index contributed by atoms with van der Waals surface area (Å²) in [4.78, 5) is 0. The van der Waals surface area contributed by atoms with Crippen LogP contribution in [0, 0.1) is 0 Å². The van der Waals surface area contributed by atoms with Crippen LogP contribution in [0.3, 0.4) is 0 Å². The molecule has 1 aromatic rings. The third kappa shape index (κ3) is 1.68. The highest BCUT2D eigenvalue weighted by Crippen LogP contribution is 2.08. The Kier molecular flexibility index (Phi) is 2.65. The molecule has 10 heavy (non-hydrogen) atoms. The van der Waals surface area contributed by atoms with E-state index >= 15 is 0 Å². The third-order valence-electron chi connectivity index (χ3n) is 1.42. The van der Waals surface area contributed by atoms with E-state index in [1.165, 1.54) is 11.1 Å². The minimum atomic E-state index is 0.914. The normalized spacial score (nSPS) is 9.30. The summed E-state index contributed by atoms with van der Waals surface area (Å²) in [5.41, 5.74) is 2.46. The first-order chi connectivity index (χ1) is 4.86. The number of rotatable bonds is 2. The van der Waals surface area contributed by atoms with Gasteiger partial charge in [-0.2, -0.15) is 0 Å². The maximum atomic E-state index is 3.67. The van der Waals surface area contributed by atoms with E-state index in [4.69, 9.17) is 0 Å². The molecule has 0 bridgehead atoms. The molecular formula is C9H10P. The van der Waals surface area contributed by atoms with E-state index in [1.54, 1.807) is 0 Å². The van der Waals surface area contributed by atoms with Gasteiger partial charge in [0.1, 0.15) is 0 Å². The molecule has 0 fully saturated rings. The Morgan fingerprint density at radius 3 is 2.30 bits per heavy atom. The van der Waals surface area contributed by atoms with E-state index in [0.717, 1.165) is 6.16 Å². The second-order valence-corrected chi connectivity index (χ2v) is 2.48. The van der Waals surface area contributed by atoms with Crippen molar-refractivity contribution in [2.24, 2.45) is 0 Å². The van der Waals surface area contributed by atoms with Gasteiger partial charge in [0.2, 0.25) is 0 Å². The highest BCUT2D eigenvalue weighted by molar-refractivity contribution is 7.15. The number of hydrogen-bond acceptors (Lipinski definition) is 0. The van der Waals surface area contributed by atoms with Crippen molar-refractivity contribution in [1.82, 2.24) is 0 Å². The molecule has 0 aliphatic carbocycles. The molecule has 1 radical (unpaired) electrons. The lowest BCUT2D eigenvalue weighted by Crippen LogP contribution is -1.75. The second kappa shape index (κ2) is 3.53. The predicted molar refractivity (Wildman–Crippen MR) is 48.6 cm³/mol. The van der Waals surface area contributed by atoms with Crippen molar-refractivity contribution in [1.29, 1.82) is 0 Å². The Hall–Kier alpha value is -0.610. The van der Waals surface area contributed by atoms with Crippen LogP contribution < -0.4 is 0 Å². The summed E-state index contributed by atoms with van der Waals surface area (Å²) < 4.78 is 0. The summed E-state index contributed by atoms with van der Waals surface area (Å²) in [7, 11) is 3.42. The SMILES string of the molecule is C=Cc1ccc(C[PH])cc1. The lowest BCUT2D eigenvalue weighted by atomic mass is 10.1. The molecule has 0 aromatic heterocycles. The Balaban J connectivity index is 2.90. The average Bonchev–Trinajstić information content (AvgIpc) is 2.05. The maximum Gasteiger partial charge on any atom is -0.00639 e. The quantitative estimate of drug-likeness (QED) is 0.567. The minimum Gasteiger partial charge on any atom is -0.0985 e. The molecule has 1 rings (SSSR count). The minimum absolute atomic E-state index is 0.914. The van der Waals surface area contributed by atoms with E-state index in [2.05, 4.69) is 40.1 Å². The zero-order chi connectivity index (χ0) is 7.40. The fraction of sp³-hybridized carbons (Fsp3) is 0.111. The van der Waals surface area contributed by atoms with Gasteiger partial charge in [0.05, 0.1) is 0 Å². The monoisotopic (exact) mass is 149 g/mol. The highest BCUT2D eigenvalue weighted by Gasteiger charge is 1.86. The van der Waals surface area contributed by atoms with E-state index in [0.29, 0.717) is 0 Å². The molecule has 0 saturated carbocycles. The van der Waals surface area contributed by atoms with Gasteiger partial charge in [-0.1, -0.05) is 46.2 Å². The predicted octanol–water partition coefficient (Wildman–Crippen LogP) is 2.97. The van der Waals surface area contributed by atoms with Gasteiger partial charge < -0.3 is 0 Å². The summed E-state index contributed by atoms with van der Waals surface area (Å²) in [5.74, 6) is 0. The van der Waals surface area contributed by atoms with Crippen LogP contribution in [0.5, 0.6) is 0 Å². The molecule has 51 valence electrons. The van der Waals surface area contributed by atoms with Crippen molar-refractivity contribution in [3.05, 3.63) is 42.0 Å². The van der Waals surface area contributed by atoms with Crippen molar-refractivity contribution < 1.29 is 0 Å². The average molecular weight is 149 g/mol. The van der Waals surface area contributed by atoms with E-state index in [9.17, 15) is 0 Å². The summed E-state index contributed by atoms with van der Waals surface area (Å²) in [5, 5.41) is 0. The van der Waals surface area contributed by atoms with Crippen molar-refractivity contribution >= 4 is 15.3 Å². The first-order valence-electron chi connectivity index (χ1n) is 3.23. The zero-order valence-electron chi connectivity index (χ0n) is 5.80. The molecule has 0 unspecified atom stereocenters. The lowest BCUT2D eigenvalue weighted by molar-refractivity contribution is 1.41. The van der Waals surface area contributed by atoms with Gasteiger partial charge in [-0.25, -0.2) is 0 Å². The van der Waals surface area contributed by atoms with E-state index < -0.39 is 0 Å². The molecular weight excluding hydrogens is 139 g/mol. The van der Waals surface area contributed by atoms with Crippen molar-refractivity contribution in [2.75, 3.05) is 0 Å². The molecule has 1 aromatic carbocycles. The number of hydrogen-bond donors (Lipinski definition) is 0. The van der Waals surface area contributed by atoms with Gasteiger partial charge in [0.25, 0.3) is 0 Å². The van der Waals surface area contributed by atoms with Gasteiger partial charge in [0.15, 0.2) is 0 Å². The molecule has 0 atom stereocenters. The van der Waals surface area contributed by atoms with Gasteiger partial charge in [0, 0.05) is 0 Å². The fourth-order valence-electron chi connectivity index (χ4n) is 0.772. The largest absolute Gasteiger partial charge is 0.0985 e. The maximum absolute atomic E-state index is 3.67. The molecule has 0 nitrogen and oxygen atoms in total. The van der Waals surface area contributed by atoms with Crippen molar-refractivity contribution in [3.63, 3.8) is 0 Å². The van der Waals surface area contributed by atoms with Crippen LogP contribution in [0.4, 0.5) is 0 Å². The Morgan fingerprint density at radius 1 is 1.30 bits per heavy atom. The summed E-state index contributed by atoms with van der Waals surface area (Å²) >= 11 is 0. The Labute approximate surface area is 64.2 Å². The molecule has 0 saturated heterocycles. The molecule has 0 N–H and O–H groups in total. The fourth-order valence-corrected chi connectivity index (χ4v) is 1.01. The van der Waals surface area contributed by atoms with E-state index in [1.807, 2.05) is 6.08 Å². The molecule has 0 spiro atoms. The smallest absolute Gasteiger partial charge is 0.00639 e. The van der Waals surface area contributed by atoms with Crippen LogP contribution in [0.2, 0.25) is 0 Å². The van der Waals surface area contributed by atoms with Crippen LogP contribution in [0.25, 0.3) is 6.08 Å². The third-order valence-corrected chi connectivity index (χ3v) is 1.83. The van der Waals surface area contributed by atoms with Crippen LogP contribution >= 0.6 is 9.24 Å². The molecule has 0 aliphatic rings. The van der Waals surface area contributed by atoms with Crippen molar-refractivity contribution in [2.45, 2.75) is 6.16 Å². The summed E-state index contributed by atoms with van der Waals surface area (Å²) in [6, 6.07) is 8.29. The molecule has 0 heterocycles. The van der Waals surface area contributed by atoms with Crippen LogP contribution in [0.1, 0.15) is 11.1 Å². The van der Waals surface area contributed by atoms with Crippen LogP contribution in [0.15, 0.2) is 30.8 Å². The van der Waals surface area contributed by atoms with E-state index in [-0.39, 0.29) is 0 Å². The van der Waals surface area contributed by atoms with Crippen LogP contribution in [-0.4, -0.2) is 0 Å². The molecule has 0 amide bonds. The molecule has 1 heteroatoms. The highest BCUT2D eigenvalue weighted by atomic mass is 31.0. The van der Waals surface area contributed by atoms with Crippen LogP contribution in [-0.2, 0) is 6.16 Å². The summed E-state index contributed by atoms with van der Waals surface area (Å²) in [6.45, 7) is 3.67. The van der Waals surface area contributed by atoms with Gasteiger partial charge in [-0.05, 0) is 17.3 Å². The first kappa shape index (κ1) is 7.50. The number of benzene rings is 1. The second-order valence-electron chi connectivity index (χ2n) is 2.12.